The summed E-state index contributed by atoms with van der Waals surface area (Å²) in [7, 11) is 1.48. The molecule has 0 aliphatic carbocycles. The maximum absolute atomic E-state index is 14.5. The summed E-state index contributed by atoms with van der Waals surface area (Å²) in [5, 5.41) is 19.0. The number of rotatable bonds is 5. The molecule has 5 heteroatoms. The van der Waals surface area contributed by atoms with Crippen LogP contribution in [-0.2, 0) is 16.8 Å². The molecule has 122 valence electrons. The number of hydrogen-bond donors (Lipinski definition) is 2. The Morgan fingerprint density at radius 3 is 2.35 bits per heavy atom. The Balaban J connectivity index is 2.55. The molecule has 0 atom stereocenters. The molecule has 2 rings (SSSR count). The molecule has 0 unspecified atom stereocenters. The van der Waals surface area contributed by atoms with Gasteiger partial charge in [-0.15, -0.1) is 0 Å². The van der Waals surface area contributed by atoms with Crippen LogP contribution < -0.4 is 4.74 Å². The highest BCUT2D eigenvalue weighted by molar-refractivity contribution is 5.77. The summed E-state index contributed by atoms with van der Waals surface area (Å²) in [5.41, 5.74) is 0.548. The van der Waals surface area contributed by atoms with Crippen molar-refractivity contribution in [2.24, 2.45) is 0 Å². The van der Waals surface area contributed by atoms with Crippen molar-refractivity contribution in [3.63, 3.8) is 0 Å². The van der Waals surface area contributed by atoms with Gasteiger partial charge in [-0.25, -0.2) is 4.39 Å². The zero-order chi connectivity index (χ0) is 17.2. The summed E-state index contributed by atoms with van der Waals surface area (Å²) >= 11 is 0. The maximum Gasteiger partial charge on any atom is 0.307 e. The molecule has 0 bridgehead atoms. The average molecular weight is 318 g/mol. The first-order valence-electron chi connectivity index (χ1n) is 7.14. The van der Waals surface area contributed by atoms with Crippen molar-refractivity contribution in [2.75, 3.05) is 7.11 Å². The van der Waals surface area contributed by atoms with E-state index in [0.29, 0.717) is 22.4 Å². The average Bonchev–Trinajstić information content (AvgIpc) is 2.46. The zero-order valence-corrected chi connectivity index (χ0v) is 13.3. The smallest absolute Gasteiger partial charge is 0.307 e. The summed E-state index contributed by atoms with van der Waals surface area (Å²) in [5.74, 6) is -1.01. The lowest BCUT2D eigenvalue weighted by molar-refractivity contribution is -0.136. The second kappa shape index (κ2) is 6.38. The molecule has 0 aliphatic rings. The van der Waals surface area contributed by atoms with Crippen molar-refractivity contribution in [2.45, 2.75) is 25.9 Å². The van der Waals surface area contributed by atoms with Gasteiger partial charge in [0.2, 0.25) is 0 Å². The van der Waals surface area contributed by atoms with Gasteiger partial charge in [0.05, 0.1) is 19.1 Å². The molecule has 0 radical (unpaired) electrons. The number of aliphatic carboxylic acids is 1. The molecule has 4 nitrogen and oxygen atoms in total. The molecule has 0 heterocycles. The lowest BCUT2D eigenvalue weighted by Gasteiger charge is -2.19. The number of benzene rings is 2. The minimum atomic E-state index is -1.15. The number of ether oxygens (including phenoxy) is 1. The quantitative estimate of drug-likeness (QED) is 0.887. The third-order valence-corrected chi connectivity index (χ3v) is 3.62. The van der Waals surface area contributed by atoms with Crippen molar-refractivity contribution >= 4 is 5.97 Å². The van der Waals surface area contributed by atoms with Crippen LogP contribution in [0.1, 0.15) is 25.0 Å². The standard InChI is InChI=1S/C18H19FO4/c1-18(2,22)12-4-6-15(16(19)10-12)14-7-5-13(23-3)8-11(14)9-17(20)21/h4-8,10,22H,9H2,1-3H3,(H,20,21). The van der Waals surface area contributed by atoms with E-state index in [1.165, 1.54) is 13.2 Å². The minimum Gasteiger partial charge on any atom is -0.497 e. The Morgan fingerprint density at radius 1 is 1.17 bits per heavy atom. The number of hydrogen-bond acceptors (Lipinski definition) is 3. The fourth-order valence-corrected chi connectivity index (χ4v) is 2.38. The molecule has 0 saturated carbocycles. The SMILES string of the molecule is COc1ccc(-c2ccc(C(C)(C)O)cc2F)c(CC(=O)O)c1. The molecule has 2 aromatic carbocycles. The van der Waals surface area contributed by atoms with Gasteiger partial charge in [-0.3, -0.25) is 4.79 Å². The topological polar surface area (TPSA) is 66.8 Å². The largest absolute Gasteiger partial charge is 0.497 e. The van der Waals surface area contributed by atoms with Gasteiger partial charge >= 0.3 is 5.97 Å². The van der Waals surface area contributed by atoms with E-state index in [2.05, 4.69) is 0 Å². The zero-order valence-electron chi connectivity index (χ0n) is 13.3. The molecule has 0 aromatic heterocycles. The molecule has 2 aromatic rings. The third kappa shape index (κ3) is 3.87. The van der Waals surface area contributed by atoms with Gasteiger partial charge in [-0.05, 0) is 48.7 Å². The summed E-state index contributed by atoms with van der Waals surface area (Å²) in [6, 6.07) is 9.34. The van der Waals surface area contributed by atoms with Crippen molar-refractivity contribution in [1.29, 1.82) is 0 Å². The summed E-state index contributed by atoms with van der Waals surface area (Å²) < 4.78 is 19.6. The van der Waals surface area contributed by atoms with E-state index < -0.39 is 17.4 Å². The molecular formula is C18H19FO4. The summed E-state index contributed by atoms with van der Waals surface area (Å²) in [6.07, 6.45) is -0.237. The van der Waals surface area contributed by atoms with Gasteiger partial charge in [0.15, 0.2) is 0 Å². The van der Waals surface area contributed by atoms with Crippen molar-refractivity contribution < 1.29 is 24.1 Å². The van der Waals surface area contributed by atoms with Crippen LogP contribution in [0.3, 0.4) is 0 Å². The predicted molar refractivity (Wildman–Crippen MR) is 85.0 cm³/mol. The lowest BCUT2D eigenvalue weighted by Crippen LogP contribution is -2.15. The van der Waals surface area contributed by atoms with E-state index in [1.54, 1.807) is 44.2 Å². The van der Waals surface area contributed by atoms with Crippen LogP contribution in [0.2, 0.25) is 0 Å². The van der Waals surface area contributed by atoms with Crippen LogP contribution in [0.5, 0.6) is 5.75 Å². The number of carboxylic acid groups (broad SMARTS) is 1. The lowest BCUT2D eigenvalue weighted by atomic mass is 9.92. The molecule has 0 amide bonds. The van der Waals surface area contributed by atoms with E-state index in [1.807, 2.05) is 0 Å². The third-order valence-electron chi connectivity index (χ3n) is 3.62. The van der Waals surface area contributed by atoms with Gasteiger partial charge in [0.1, 0.15) is 11.6 Å². The van der Waals surface area contributed by atoms with Crippen LogP contribution in [0.4, 0.5) is 4.39 Å². The Labute approximate surface area is 134 Å². The Bertz CT molecular complexity index is 732. The Kier molecular flexibility index (Phi) is 4.71. The first kappa shape index (κ1) is 17.0. The molecule has 0 saturated heterocycles. The number of methoxy groups -OCH3 is 1. The van der Waals surface area contributed by atoms with Gasteiger partial charge in [-0.2, -0.15) is 0 Å². The first-order valence-corrected chi connectivity index (χ1v) is 7.14. The second-order valence-electron chi connectivity index (χ2n) is 5.85. The van der Waals surface area contributed by atoms with Crippen LogP contribution in [0, 0.1) is 5.82 Å². The maximum atomic E-state index is 14.5. The molecule has 0 aliphatic heterocycles. The molecule has 2 N–H and O–H groups in total. The second-order valence-corrected chi connectivity index (χ2v) is 5.85. The Morgan fingerprint density at radius 2 is 1.83 bits per heavy atom. The number of carboxylic acids is 1. The number of carbonyl (C=O) groups is 1. The molecule has 23 heavy (non-hydrogen) atoms. The van der Waals surface area contributed by atoms with Crippen molar-refractivity contribution in [3.05, 3.63) is 53.3 Å². The minimum absolute atomic E-state index is 0.237. The summed E-state index contributed by atoms with van der Waals surface area (Å²) in [6.45, 7) is 3.15. The van der Waals surface area contributed by atoms with Crippen LogP contribution in [-0.4, -0.2) is 23.3 Å². The van der Waals surface area contributed by atoms with Gasteiger partial charge in [0.25, 0.3) is 0 Å². The number of aliphatic hydroxyl groups is 1. The Hall–Kier alpha value is -2.40. The van der Waals surface area contributed by atoms with E-state index >= 15 is 0 Å². The highest BCUT2D eigenvalue weighted by atomic mass is 19.1. The van der Waals surface area contributed by atoms with Gasteiger partial charge in [-0.1, -0.05) is 18.2 Å². The van der Waals surface area contributed by atoms with Crippen LogP contribution >= 0.6 is 0 Å². The molecular weight excluding hydrogens is 299 g/mol. The molecule has 0 fully saturated rings. The summed E-state index contributed by atoms with van der Waals surface area (Å²) in [4.78, 5) is 11.1. The highest BCUT2D eigenvalue weighted by Gasteiger charge is 2.19. The van der Waals surface area contributed by atoms with E-state index in [9.17, 15) is 14.3 Å². The predicted octanol–water partition coefficient (Wildman–Crippen LogP) is 3.36. The number of halogens is 1. The van der Waals surface area contributed by atoms with Crippen LogP contribution in [0.25, 0.3) is 11.1 Å². The van der Waals surface area contributed by atoms with Crippen molar-refractivity contribution in [3.8, 4) is 16.9 Å². The van der Waals surface area contributed by atoms with E-state index in [0.717, 1.165) is 0 Å². The molecule has 0 spiro atoms. The van der Waals surface area contributed by atoms with Gasteiger partial charge in [0, 0.05) is 5.56 Å². The van der Waals surface area contributed by atoms with Crippen LogP contribution in [0.15, 0.2) is 36.4 Å². The normalized spacial score (nSPS) is 11.3. The fraction of sp³-hybridized carbons (Fsp3) is 0.278. The van der Waals surface area contributed by atoms with Crippen molar-refractivity contribution in [1.82, 2.24) is 0 Å². The monoisotopic (exact) mass is 318 g/mol. The highest BCUT2D eigenvalue weighted by Crippen LogP contribution is 2.32. The van der Waals surface area contributed by atoms with Gasteiger partial charge < -0.3 is 14.9 Å². The fourth-order valence-electron chi connectivity index (χ4n) is 2.38. The van der Waals surface area contributed by atoms with E-state index in [-0.39, 0.29) is 12.0 Å². The van der Waals surface area contributed by atoms with E-state index in [4.69, 9.17) is 9.84 Å². The first-order chi connectivity index (χ1) is 10.7.